The molecule has 0 radical (unpaired) electrons. The van der Waals surface area contributed by atoms with Crippen LogP contribution in [-0.2, 0) is 13.1 Å². The number of aromatic nitrogens is 4. The Morgan fingerprint density at radius 3 is 2.76 bits per heavy atom. The predicted octanol–water partition coefficient (Wildman–Crippen LogP) is 3.30. The molecular formula is C16H19N5. The summed E-state index contributed by atoms with van der Waals surface area (Å²) in [6.07, 6.45) is 6.87. The summed E-state index contributed by atoms with van der Waals surface area (Å²) in [4.78, 5) is 0. The van der Waals surface area contributed by atoms with E-state index in [2.05, 4.69) is 58.0 Å². The zero-order chi connectivity index (χ0) is 14.5. The number of benzene rings is 1. The third kappa shape index (κ3) is 3.31. The zero-order valence-electron chi connectivity index (χ0n) is 12.1. The molecule has 0 saturated heterocycles. The highest BCUT2D eigenvalue weighted by molar-refractivity contribution is 5.62. The number of aryl methyl sites for hydroxylation is 1. The van der Waals surface area contributed by atoms with Gasteiger partial charge in [-0.15, -0.1) is 0 Å². The van der Waals surface area contributed by atoms with Gasteiger partial charge in [-0.05, 0) is 30.2 Å². The Balaban J connectivity index is 1.60. The third-order valence-electron chi connectivity index (χ3n) is 3.33. The maximum Gasteiger partial charge on any atom is 0.0650 e. The van der Waals surface area contributed by atoms with Crippen LogP contribution in [0.15, 0.2) is 48.9 Å². The van der Waals surface area contributed by atoms with E-state index in [0.717, 1.165) is 36.5 Å². The Morgan fingerprint density at radius 2 is 2.05 bits per heavy atom. The Hall–Kier alpha value is -2.56. The first-order valence-corrected chi connectivity index (χ1v) is 7.20. The molecule has 2 heterocycles. The minimum Gasteiger partial charge on any atom is -0.381 e. The molecule has 0 fully saturated rings. The van der Waals surface area contributed by atoms with Crippen molar-refractivity contribution in [1.82, 2.24) is 20.0 Å². The van der Waals surface area contributed by atoms with E-state index in [4.69, 9.17) is 0 Å². The number of H-pyrrole nitrogens is 1. The van der Waals surface area contributed by atoms with Gasteiger partial charge in [0, 0.05) is 36.7 Å². The first kappa shape index (κ1) is 13.4. The van der Waals surface area contributed by atoms with Gasteiger partial charge in [0.25, 0.3) is 0 Å². The first-order valence-electron chi connectivity index (χ1n) is 7.20. The molecule has 0 aliphatic rings. The van der Waals surface area contributed by atoms with Crippen molar-refractivity contribution < 1.29 is 0 Å². The quantitative estimate of drug-likeness (QED) is 0.729. The summed E-state index contributed by atoms with van der Waals surface area (Å²) in [6.45, 7) is 3.91. The van der Waals surface area contributed by atoms with Crippen molar-refractivity contribution in [2.75, 3.05) is 5.32 Å². The summed E-state index contributed by atoms with van der Waals surface area (Å²) in [5.41, 5.74) is 4.46. The molecule has 5 nitrogen and oxygen atoms in total. The highest BCUT2D eigenvalue weighted by Gasteiger charge is 2.00. The van der Waals surface area contributed by atoms with Crippen molar-refractivity contribution in [3.05, 3.63) is 54.5 Å². The van der Waals surface area contributed by atoms with Gasteiger partial charge in [0.05, 0.1) is 11.9 Å². The van der Waals surface area contributed by atoms with Gasteiger partial charge in [0.2, 0.25) is 0 Å². The number of nitrogens with zero attached hydrogens (tertiary/aromatic N) is 3. The Morgan fingerprint density at radius 1 is 1.19 bits per heavy atom. The molecule has 2 N–H and O–H groups in total. The molecule has 21 heavy (non-hydrogen) atoms. The summed E-state index contributed by atoms with van der Waals surface area (Å²) in [5.74, 6) is 0. The number of nitrogens with one attached hydrogen (secondary N) is 2. The summed E-state index contributed by atoms with van der Waals surface area (Å²) in [7, 11) is 0. The number of rotatable bonds is 6. The third-order valence-corrected chi connectivity index (χ3v) is 3.33. The van der Waals surface area contributed by atoms with Crippen molar-refractivity contribution in [1.29, 1.82) is 0 Å². The van der Waals surface area contributed by atoms with E-state index >= 15 is 0 Å². The number of hydrogen-bond acceptors (Lipinski definition) is 3. The van der Waals surface area contributed by atoms with E-state index in [1.807, 2.05) is 16.9 Å². The monoisotopic (exact) mass is 281 g/mol. The van der Waals surface area contributed by atoms with E-state index in [1.165, 1.54) is 5.56 Å². The van der Waals surface area contributed by atoms with Gasteiger partial charge in [0.1, 0.15) is 0 Å². The fourth-order valence-corrected chi connectivity index (χ4v) is 2.24. The van der Waals surface area contributed by atoms with Crippen LogP contribution in [0.2, 0.25) is 0 Å². The zero-order valence-corrected chi connectivity index (χ0v) is 12.1. The molecule has 2 aromatic heterocycles. The smallest absolute Gasteiger partial charge is 0.0650 e. The van der Waals surface area contributed by atoms with Crippen LogP contribution in [0.25, 0.3) is 11.3 Å². The van der Waals surface area contributed by atoms with Crippen molar-refractivity contribution in [2.45, 2.75) is 26.4 Å². The minimum absolute atomic E-state index is 0.785. The van der Waals surface area contributed by atoms with E-state index in [9.17, 15) is 0 Å². The van der Waals surface area contributed by atoms with E-state index < -0.39 is 0 Å². The van der Waals surface area contributed by atoms with Crippen LogP contribution in [0.4, 0.5) is 5.69 Å². The lowest BCUT2D eigenvalue weighted by Gasteiger charge is -2.05. The van der Waals surface area contributed by atoms with E-state index in [0.29, 0.717) is 0 Å². The van der Waals surface area contributed by atoms with Gasteiger partial charge >= 0.3 is 0 Å². The minimum atomic E-state index is 0.785. The maximum atomic E-state index is 4.33. The van der Waals surface area contributed by atoms with Crippen LogP contribution < -0.4 is 5.32 Å². The summed E-state index contributed by atoms with van der Waals surface area (Å²) in [6, 6.07) is 10.3. The summed E-state index contributed by atoms with van der Waals surface area (Å²) in [5, 5.41) is 14.7. The normalized spacial score (nSPS) is 10.7. The van der Waals surface area contributed by atoms with Crippen molar-refractivity contribution in [3.63, 3.8) is 0 Å². The van der Waals surface area contributed by atoms with Crippen molar-refractivity contribution >= 4 is 5.69 Å². The second-order valence-corrected chi connectivity index (χ2v) is 5.01. The molecule has 0 spiro atoms. The van der Waals surface area contributed by atoms with Crippen LogP contribution in [0, 0.1) is 0 Å². The van der Waals surface area contributed by atoms with Crippen molar-refractivity contribution in [3.8, 4) is 11.3 Å². The molecule has 0 aliphatic heterocycles. The van der Waals surface area contributed by atoms with Crippen LogP contribution in [0.3, 0.4) is 0 Å². The Kier molecular flexibility index (Phi) is 4.00. The second-order valence-electron chi connectivity index (χ2n) is 5.01. The average Bonchev–Trinajstić information content (AvgIpc) is 3.18. The molecule has 0 atom stereocenters. The second kappa shape index (κ2) is 6.26. The molecule has 0 amide bonds. The van der Waals surface area contributed by atoms with Crippen molar-refractivity contribution in [2.24, 2.45) is 0 Å². The molecule has 108 valence electrons. The molecule has 0 saturated carbocycles. The number of aromatic amines is 1. The molecule has 0 unspecified atom stereocenters. The highest BCUT2D eigenvalue weighted by Crippen LogP contribution is 2.19. The lowest BCUT2D eigenvalue weighted by Crippen LogP contribution is -1.99. The summed E-state index contributed by atoms with van der Waals surface area (Å²) < 4.78 is 1.98. The standard InChI is InChI=1S/C16H19N5/c1-2-9-21-12-13(11-19-21)10-17-15-5-3-14(4-6-15)16-7-8-18-20-16/h3-8,11-12,17H,2,9-10H2,1H3,(H,18,20). The lowest BCUT2D eigenvalue weighted by molar-refractivity contribution is 0.602. The molecule has 3 rings (SSSR count). The molecule has 0 bridgehead atoms. The van der Waals surface area contributed by atoms with Gasteiger partial charge in [0.15, 0.2) is 0 Å². The maximum absolute atomic E-state index is 4.33. The number of hydrogen-bond donors (Lipinski definition) is 2. The molecule has 5 heteroatoms. The first-order chi connectivity index (χ1) is 10.3. The van der Waals surface area contributed by atoms with Crippen LogP contribution in [0.1, 0.15) is 18.9 Å². The highest BCUT2D eigenvalue weighted by atomic mass is 15.3. The molecular weight excluding hydrogens is 262 g/mol. The van der Waals surface area contributed by atoms with Gasteiger partial charge in [-0.25, -0.2) is 0 Å². The van der Waals surface area contributed by atoms with Crippen LogP contribution in [0.5, 0.6) is 0 Å². The fourth-order valence-electron chi connectivity index (χ4n) is 2.24. The molecule has 3 aromatic rings. The van der Waals surface area contributed by atoms with E-state index in [-0.39, 0.29) is 0 Å². The lowest BCUT2D eigenvalue weighted by atomic mass is 10.1. The Labute approximate surface area is 124 Å². The summed E-state index contributed by atoms with van der Waals surface area (Å²) >= 11 is 0. The average molecular weight is 281 g/mol. The van der Waals surface area contributed by atoms with Crippen LogP contribution in [-0.4, -0.2) is 20.0 Å². The van der Waals surface area contributed by atoms with Gasteiger partial charge < -0.3 is 5.32 Å². The molecule has 1 aromatic carbocycles. The fraction of sp³-hybridized carbons (Fsp3) is 0.250. The SMILES string of the molecule is CCCn1cc(CNc2ccc(-c3ccn[nH]3)cc2)cn1. The Bertz CT molecular complexity index is 667. The van der Waals surface area contributed by atoms with Gasteiger partial charge in [-0.1, -0.05) is 19.1 Å². The molecule has 0 aliphatic carbocycles. The topological polar surface area (TPSA) is 58.5 Å². The van der Waals surface area contributed by atoms with E-state index in [1.54, 1.807) is 6.20 Å². The largest absolute Gasteiger partial charge is 0.381 e. The number of anilines is 1. The van der Waals surface area contributed by atoms with Gasteiger partial charge in [-0.3, -0.25) is 9.78 Å². The van der Waals surface area contributed by atoms with Gasteiger partial charge in [-0.2, -0.15) is 10.2 Å². The predicted molar refractivity (Wildman–Crippen MR) is 83.9 cm³/mol. The van der Waals surface area contributed by atoms with Crippen LogP contribution >= 0.6 is 0 Å².